The highest BCUT2D eigenvalue weighted by Crippen LogP contribution is 2.19. The Balaban J connectivity index is 2.17. The van der Waals surface area contributed by atoms with Crippen molar-refractivity contribution in [1.29, 1.82) is 0 Å². The Morgan fingerprint density at radius 3 is 2.61 bits per heavy atom. The summed E-state index contributed by atoms with van der Waals surface area (Å²) in [6.45, 7) is 4.45. The summed E-state index contributed by atoms with van der Waals surface area (Å²) in [6.07, 6.45) is 0.798. The number of hydrogen-bond donors (Lipinski definition) is 1. The van der Waals surface area contributed by atoms with E-state index in [1.54, 1.807) is 18.9 Å². The summed E-state index contributed by atoms with van der Waals surface area (Å²) < 4.78 is 5.26. The predicted octanol–water partition coefficient (Wildman–Crippen LogP) is 3.83. The molecule has 2 amide bonds. The minimum atomic E-state index is -0.579. The minimum absolute atomic E-state index is 0.0958. The standard InChI is InChI=1S/C22H27ClN2O3/c1-4-24-22(27)16(2)25(15-17-8-7-10-19(14-17)28-3)21(26)13-12-18-9-5-6-11-20(18)23/h5-11,14,16H,4,12-13,15H2,1-3H3,(H,24,27)/t16-/m1/s1. The maximum Gasteiger partial charge on any atom is 0.242 e. The van der Waals surface area contributed by atoms with Crippen molar-refractivity contribution < 1.29 is 14.3 Å². The first-order chi connectivity index (χ1) is 13.5. The van der Waals surface area contributed by atoms with E-state index in [1.807, 2.05) is 55.5 Å². The molecule has 6 heteroatoms. The van der Waals surface area contributed by atoms with E-state index in [2.05, 4.69) is 5.32 Å². The second-order valence-electron chi connectivity index (χ2n) is 6.54. The molecule has 150 valence electrons. The molecule has 1 atom stereocenters. The molecule has 2 aromatic rings. The second-order valence-corrected chi connectivity index (χ2v) is 6.94. The van der Waals surface area contributed by atoms with Crippen LogP contribution in [0.15, 0.2) is 48.5 Å². The fraction of sp³-hybridized carbons (Fsp3) is 0.364. The van der Waals surface area contributed by atoms with E-state index < -0.39 is 6.04 Å². The van der Waals surface area contributed by atoms with E-state index in [-0.39, 0.29) is 18.2 Å². The summed E-state index contributed by atoms with van der Waals surface area (Å²) in [5.41, 5.74) is 1.83. The SMILES string of the molecule is CCNC(=O)[C@@H](C)N(Cc1cccc(OC)c1)C(=O)CCc1ccccc1Cl. The van der Waals surface area contributed by atoms with Gasteiger partial charge in [0.1, 0.15) is 11.8 Å². The normalized spacial score (nSPS) is 11.6. The molecule has 0 saturated heterocycles. The Bertz CT molecular complexity index is 810. The summed E-state index contributed by atoms with van der Waals surface area (Å²) >= 11 is 6.20. The molecule has 0 bridgehead atoms. The van der Waals surface area contributed by atoms with E-state index in [1.165, 1.54) is 0 Å². The highest BCUT2D eigenvalue weighted by atomic mass is 35.5. The van der Waals surface area contributed by atoms with Gasteiger partial charge in [-0.25, -0.2) is 0 Å². The summed E-state index contributed by atoms with van der Waals surface area (Å²) in [6, 6.07) is 14.4. The number of ether oxygens (including phenoxy) is 1. The van der Waals surface area contributed by atoms with Gasteiger partial charge in [-0.2, -0.15) is 0 Å². The van der Waals surface area contributed by atoms with Crippen molar-refractivity contribution in [3.8, 4) is 5.75 Å². The first kappa shape index (κ1) is 21.8. The van der Waals surface area contributed by atoms with Gasteiger partial charge < -0.3 is 15.0 Å². The highest BCUT2D eigenvalue weighted by Gasteiger charge is 2.25. The lowest BCUT2D eigenvalue weighted by atomic mass is 10.1. The van der Waals surface area contributed by atoms with E-state index in [4.69, 9.17) is 16.3 Å². The van der Waals surface area contributed by atoms with Gasteiger partial charge in [0.05, 0.1) is 7.11 Å². The van der Waals surface area contributed by atoms with Crippen LogP contribution in [0.2, 0.25) is 5.02 Å². The molecule has 1 N–H and O–H groups in total. The second kappa shape index (κ2) is 10.7. The number of methoxy groups -OCH3 is 1. The molecule has 2 aromatic carbocycles. The zero-order valence-electron chi connectivity index (χ0n) is 16.6. The van der Waals surface area contributed by atoms with Crippen LogP contribution in [-0.4, -0.2) is 36.4 Å². The molecule has 5 nitrogen and oxygen atoms in total. The van der Waals surface area contributed by atoms with Crippen molar-refractivity contribution >= 4 is 23.4 Å². The molecule has 0 fully saturated rings. The average molecular weight is 403 g/mol. The fourth-order valence-electron chi connectivity index (χ4n) is 2.96. The van der Waals surface area contributed by atoms with Crippen LogP contribution in [0.4, 0.5) is 0 Å². The molecule has 0 radical (unpaired) electrons. The van der Waals surface area contributed by atoms with E-state index in [0.717, 1.165) is 11.1 Å². The maximum atomic E-state index is 13.0. The van der Waals surface area contributed by atoms with Crippen LogP contribution in [0, 0.1) is 0 Å². The molecular weight excluding hydrogens is 376 g/mol. The van der Waals surface area contributed by atoms with Gasteiger partial charge in [-0.05, 0) is 49.6 Å². The van der Waals surface area contributed by atoms with Crippen molar-refractivity contribution in [2.75, 3.05) is 13.7 Å². The molecule has 0 saturated carbocycles. The molecule has 2 rings (SSSR count). The lowest BCUT2D eigenvalue weighted by Gasteiger charge is -2.29. The Kier molecular flexibility index (Phi) is 8.33. The van der Waals surface area contributed by atoms with Crippen LogP contribution >= 0.6 is 11.6 Å². The maximum absolute atomic E-state index is 13.0. The molecule has 0 unspecified atom stereocenters. The number of likely N-dealkylation sites (N-methyl/N-ethyl adjacent to an activating group) is 1. The van der Waals surface area contributed by atoms with E-state index >= 15 is 0 Å². The van der Waals surface area contributed by atoms with E-state index in [0.29, 0.717) is 30.3 Å². The lowest BCUT2D eigenvalue weighted by Crippen LogP contribution is -2.47. The number of hydrogen-bond acceptors (Lipinski definition) is 3. The van der Waals surface area contributed by atoms with Gasteiger partial charge in [0, 0.05) is 24.5 Å². The number of benzene rings is 2. The van der Waals surface area contributed by atoms with Gasteiger partial charge in [-0.3, -0.25) is 9.59 Å². The number of carbonyl (C=O) groups is 2. The monoisotopic (exact) mass is 402 g/mol. The predicted molar refractivity (Wildman–Crippen MR) is 111 cm³/mol. The number of halogens is 1. The van der Waals surface area contributed by atoms with Crippen molar-refractivity contribution in [3.63, 3.8) is 0 Å². The van der Waals surface area contributed by atoms with Crippen molar-refractivity contribution in [1.82, 2.24) is 10.2 Å². The summed E-state index contributed by atoms with van der Waals surface area (Å²) in [7, 11) is 1.60. The van der Waals surface area contributed by atoms with Crippen LogP contribution in [0.25, 0.3) is 0 Å². The summed E-state index contributed by atoms with van der Waals surface area (Å²) in [5.74, 6) is 0.449. The Morgan fingerprint density at radius 1 is 1.18 bits per heavy atom. The molecule has 0 aromatic heterocycles. The molecular formula is C22H27ClN2O3. The summed E-state index contributed by atoms with van der Waals surface area (Å²) in [5, 5.41) is 3.44. The number of amides is 2. The first-order valence-electron chi connectivity index (χ1n) is 9.39. The largest absolute Gasteiger partial charge is 0.497 e. The smallest absolute Gasteiger partial charge is 0.242 e. The number of carbonyl (C=O) groups excluding carboxylic acids is 2. The quantitative estimate of drug-likeness (QED) is 0.693. The van der Waals surface area contributed by atoms with Crippen molar-refractivity contribution in [2.45, 2.75) is 39.3 Å². The van der Waals surface area contributed by atoms with Gasteiger partial charge in [0.15, 0.2) is 0 Å². The third-order valence-electron chi connectivity index (χ3n) is 4.57. The topological polar surface area (TPSA) is 58.6 Å². The van der Waals surface area contributed by atoms with E-state index in [9.17, 15) is 9.59 Å². The molecule has 0 heterocycles. The van der Waals surface area contributed by atoms with Gasteiger partial charge in [0.25, 0.3) is 0 Å². The third kappa shape index (κ3) is 5.99. The minimum Gasteiger partial charge on any atom is -0.497 e. The fourth-order valence-corrected chi connectivity index (χ4v) is 3.19. The molecule has 0 aliphatic carbocycles. The molecule has 0 aliphatic heterocycles. The molecule has 28 heavy (non-hydrogen) atoms. The third-order valence-corrected chi connectivity index (χ3v) is 4.94. The Labute approximate surface area is 171 Å². The number of nitrogens with zero attached hydrogens (tertiary/aromatic N) is 1. The number of rotatable bonds is 9. The van der Waals surface area contributed by atoms with Gasteiger partial charge in [-0.15, -0.1) is 0 Å². The van der Waals surface area contributed by atoms with Crippen LogP contribution in [-0.2, 0) is 22.6 Å². The zero-order chi connectivity index (χ0) is 20.5. The first-order valence-corrected chi connectivity index (χ1v) is 9.77. The Morgan fingerprint density at radius 2 is 1.93 bits per heavy atom. The van der Waals surface area contributed by atoms with Gasteiger partial charge >= 0.3 is 0 Å². The van der Waals surface area contributed by atoms with Crippen LogP contribution in [0.1, 0.15) is 31.4 Å². The molecule has 0 spiro atoms. The summed E-state index contributed by atoms with van der Waals surface area (Å²) in [4.78, 5) is 27.0. The van der Waals surface area contributed by atoms with Crippen molar-refractivity contribution in [2.24, 2.45) is 0 Å². The van der Waals surface area contributed by atoms with Crippen LogP contribution in [0.5, 0.6) is 5.75 Å². The van der Waals surface area contributed by atoms with Crippen molar-refractivity contribution in [3.05, 3.63) is 64.7 Å². The highest BCUT2D eigenvalue weighted by molar-refractivity contribution is 6.31. The number of nitrogens with one attached hydrogen (secondary N) is 1. The van der Waals surface area contributed by atoms with Crippen LogP contribution in [0.3, 0.4) is 0 Å². The van der Waals surface area contributed by atoms with Crippen LogP contribution < -0.4 is 10.1 Å². The zero-order valence-corrected chi connectivity index (χ0v) is 17.3. The van der Waals surface area contributed by atoms with Gasteiger partial charge in [0.2, 0.25) is 11.8 Å². The lowest BCUT2D eigenvalue weighted by molar-refractivity contribution is -0.140. The molecule has 0 aliphatic rings. The Hall–Kier alpha value is -2.53. The average Bonchev–Trinajstić information content (AvgIpc) is 2.71. The number of aryl methyl sites for hydroxylation is 1. The van der Waals surface area contributed by atoms with Gasteiger partial charge in [-0.1, -0.05) is 41.9 Å².